The molecule has 0 bridgehead atoms. The van der Waals surface area contributed by atoms with Gasteiger partial charge in [0.05, 0.1) is 6.10 Å². The Kier molecular flexibility index (Phi) is 5.82. The molecule has 1 unspecified atom stereocenters. The topological polar surface area (TPSA) is 49.8 Å². The predicted octanol–water partition coefficient (Wildman–Crippen LogP) is 3.55. The van der Waals surface area contributed by atoms with Crippen LogP contribution < -0.4 is 4.90 Å². The normalized spacial score (nSPS) is 19.1. The molecule has 2 rings (SSSR count). The van der Waals surface area contributed by atoms with Gasteiger partial charge < -0.3 is 14.7 Å². The summed E-state index contributed by atoms with van der Waals surface area (Å²) in [5.41, 5.74) is 1.96. The summed E-state index contributed by atoms with van der Waals surface area (Å²) in [4.78, 5) is 13.0. The van der Waals surface area contributed by atoms with Crippen molar-refractivity contribution in [2.24, 2.45) is 0 Å². The SMILES string of the molecule is CCOC1CCCN(c2cc(Br)ccc2C=CC(=O)O)C1. The minimum Gasteiger partial charge on any atom is -0.478 e. The molecule has 0 spiro atoms. The van der Waals surface area contributed by atoms with Crippen LogP contribution in [-0.2, 0) is 9.53 Å². The lowest BCUT2D eigenvalue weighted by molar-refractivity contribution is -0.131. The number of ether oxygens (including phenoxy) is 1. The highest BCUT2D eigenvalue weighted by Gasteiger charge is 2.21. The molecule has 114 valence electrons. The van der Waals surface area contributed by atoms with E-state index in [0.29, 0.717) is 0 Å². The van der Waals surface area contributed by atoms with Gasteiger partial charge in [-0.3, -0.25) is 0 Å². The van der Waals surface area contributed by atoms with Gasteiger partial charge in [-0.2, -0.15) is 0 Å². The molecule has 1 aliphatic rings. The molecule has 1 atom stereocenters. The standard InChI is InChI=1S/C16H20BrNO3/c1-2-21-14-4-3-9-18(11-14)15-10-13(17)7-5-12(15)6-8-16(19)20/h5-8,10,14H,2-4,9,11H2,1H3,(H,19,20). The number of hydrogen-bond acceptors (Lipinski definition) is 3. The quantitative estimate of drug-likeness (QED) is 0.822. The molecule has 1 saturated heterocycles. The molecule has 1 N–H and O–H groups in total. The highest BCUT2D eigenvalue weighted by Crippen LogP contribution is 2.29. The minimum atomic E-state index is -0.935. The van der Waals surface area contributed by atoms with E-state index in [1.165, 1.54) is 6.08 Å². The van der Waals surface area contributed by atoms with E-state index in [9.17, 15) is 4.79 Å². The summed E-state index contributed by atoms with van der Waals surface area (Å²) in [5.74, 6) is -0.935. The third kappa shape index (κ3) is 4.58. The maximum absolute atomic E-state index is 10.7. The van der Waals surface area contributed by atoms with Crippen molar-refractivity contribution in [2.75, 3.05) is 24.6 Å². The molecule has 0 radical (unpaired) electrons. The van der Waals surface area contributed by atoms with E-state index < -0.39 is 5.97 Å². The number of rotatable bonds is 5. The molecule has 1 heterocycles. The zero-order valence-electron chi connectivity index (χ0n) is 12.1. The first-order chi connectivity index (χ1) is 10.1. The van der Waals surface area contributed by atoms with Gasteiger partial charge in [-0.05, 0) is 43.5 Å². The molecule has 4 nitrogen and oxygen atoms in total. The van der Waals surface area contributed by atoms with Gasteiger partial charge in [-0.25, -0.2) is 4.79 Å². The van der Waals surface area contributed by atoms with Crippen molar-refractivity contribution in [1.29, 1.82) is 0 Å². The molecular formula is C16H20BrNO3. The second-order valence-electron chi connectivity index (χ2n) is 5.04. The summed E-state index contributed by atoms with van der Waals surface area (Å²) in [5, 5.41) is 8.81. The molecule has 1 fully saturated rings. The zero-order chi connectivity index (χ0) is 15.2. The molecule has 0 amide bonds. The van der Waals surface area contributed by atoms with Gasteiger partial charge in [0.1, 0.15) is 0 Å². The van der Waals surface area contributed by atoms with Gasteiger partial charge in [0.25, 0.3) is 0 Å². The van der Waals surface area contributed by atoms with Crippen LogP contribution >= 0.6 is 15.9 Å². The molecule has 0 saturated carbocycles. The number of nitrogens with zero attached hydrogens (tertiary/aromatic N) is 1. The zero-order valence-corrected chi connectivity index (χ0v) is 13.7. The lowest BCUT2D eigenvalue weighted by Gasteiger charge is -2.35. The number of piperidine rings is 1. The van der Waals surface area contributed by atoms with Crippen molar-refractivity contribution >= 4 is 33.7 Å². The minimum absolute atomic E-state index is 0.249. The maximum atomic E-state index is 10.7. The number of hydrogen-bond donors (Lipinski definition) is 1. The summed E-state index contributed by atoms with van der Waals surface area (Å²) in [6.07, 6.45) is 5.24. The monoisotopic (exact) mass is 353 g/mol. The fourth-order valence-electron chi connectivity index (χ4n) is 2.62. The smallest absolute Gasteiger partial charge is 0.328 e. The second kappa shape index (κ2) is 7.61. The molecule has 0 aromatic heterocycles. The third-order valence-electron chi connectivity index (χ3n) is 3.52. The Hall–Kier alpha value is -1.33. The van der Waals surface area contributed by atoms with E-state index in [-0.39, 0.29) is 6.10 Å². The van der Waals surface area contributed by atoms with E-state index in [1.54, 1.807) is 6.08 Å². The van der Waals surface area contributed by atoms with Gasteiger partial charge in [-0.1, -0.05) is 22.0 Å². The summed E-state index contributed by atoms with van der Waals surface area (Å²) >= 11 is 3.49. The lowest BCUT2D eigenvalue weighted by Crippen LogP contribution is -2.40. The third-order valence-corrected chi connectivity index (χ3v) is 4.01. The summed E-state index contributed by atoms with van der Waals surface area (Å²) in [6.45, 7) is 4.55. The first-order valence-electron chi connectivity index (χ1n) is 7.17. The van der Waals surface area contributed by atoms with Crippen molar-refractivity contribution in [3.05, 3.63) is 34.3 Å². The van der Waals surface area contributed by atoms with Gasteiger partial charge in [0.15, 0.2) is 0 Å². The first kappa shape index (κ1) is 16.0. The summed E-state index contributed by atoms with van der Waals surface area (Å²) in [6, 6.07) is 5.90. The van der Waals surface area contributed by atoms with Gasteiger partial charge in [0, 0.05) is 35.9 Å². The Balaban J connectivity index is 2.24. The van der Waals surface area contributed by atoms with Crippen LogP contribution in [0.4, 0.5) is 5.69 Å². The molecule has 5 heteroatoms. The summed E-state index contributed by atoms with van der Waals surface area (Å²) < 4.78 is 6.73. The molecule has 1 aliphatic heterocycles. The highest BCUT2D eigenvalue weighted by atomic mass is 79.9. The van der Waals surface area contributed by atoms with Crippen molar-refractivity contribution < 1.29 is 14.6 Å². The highest BCUT2D eigenvalue weighted by molar-refractivity contribution is 9.10. The maximum Gasteiger partial charge on any atom is 0.328 e. The molecule has 1 aromatic rings. The van der Waals surface area contributed by atoms with Gasteiger partial charge in [0.2, 0.25) is 0 Å². The molecule has 1 aromatic carbocycles. The predicted molar refractivity (Wildman–Crippen MR) is 87.7 cm³/mol. The lowest BCUT2D eigenvalue weighted by atomic mass is 10.0. The van der Waals surface area contributed by atoms with Crippen molar-refractivity contribution in [1.82, 2.24) is 0 Å². The number of benzene rings is 1. The Morgan fingerprint density at radius 1 is 1.57 bits per heavy atom. The van der Waals surface area contributed by atoms with Crippen LogP contribution in [0.5, 0.6) is 0 Å². The number of carbonyl (C=O) groups is 1. The van der Waals surface area contributed by atoms with Crippen LogP contribution in [0.1, 0.15) is 25.3 Å². The Morgan fingerprint density at radius 2 is 2.38 bits per heavy atom. The van der Waals surface area contributed by atoms with E-state index in [1.807, 2.05) is 25.1 Å². The van der Waals surface area contributed by atoms with Crippen molar-refractivity contribution in [2.45, 2.75) is 25.9 Å². The Bertz CT molecular complexity index is 528. The van der Waals surface area contributed by atoms with E-state index in [2.05, 4.69) is 20.8 Å². The Morgan fingerprint density at radius 3 is 3.10 bits per heavy atom. The van der Waals surface area contributed by atoms with Crippen molar-refractivity contribution in [3.8, 4) is 0 Å². The average molecular weight is 354 g/mol. The fourth-order valence-corrected chi connectivity index (χ4v) is 2.97. The van der Waals surface area contributed by atoms with Crippen LogP contribution in [0.2, 0.25) is 0 Å². The number of halogens is 1. The van der Waals surface area contributed by atoms with Crippen LogP contribution in [0.25, 0.3) is 6.08 Å². The van der Waals surface area contributed by atoms with E-state index in [0.717, 1.165) is 48.3 Å². The number of anilines is 1. The van der Waals surface area contributed by atoms with Crippen molar-refractivity contribution in [3.63, 3.8) is 0 Å². The first-order valence-corrected chi connectivity index (χ1v) is 7.96. The average Bonchev–Trinajstić information content (AvgIpc) is 2.46. The van der Waals surface area contributed by atoms with Crippen LogP contribution in [0.15, 0.2) is 28.7 Å². The Labute approximate surface area is 133 Å². The number of carboxylic acids is 1. The fraction of sp³-hybridized carbons (Fsp3) is 0.438. The van der Waals surface area contributed by atoms with E-state index >= 15 is 0 Å². The second-order valence-corrected chi connectivity index (χ2v) is 5.96. The number of aliphatic carboxylic acids is 1. The van der Waals surface area contributed by atoms with Crippen LogP contribution in [-0.4, -0.2) is 36.9 Å². The largest absolute Gasteiger partial charge is 0.478 e. The molecular weight excluding hydrogens is 334 g/mol. The van der Waals surface area contributed by atoms with Gasteiger partial charge >= 0.3 is 5.97 Å². The van der Waals surface area contributed by atoms with E-state index in [4.69, 9.17) is 9.84 Å². The molecule has 21 heavy (non-hydrogen) atoms. The summed E-state index contributed by atoms with van der Waals surface area (Å²) in [7, 11) is 0. The number of carboxylic acid groups (broad SMARTS) is 1. The van der Waals surface area contributed by atoms with Gasteiger partial charge in [-0.15, -0.1) is 0 Å². The van der Waals surface area contributed by atoms with Crippen LogP contribution in [0, 0.1) is 0 Å². The van der Waals surface area contributed by atoms with Crippen LogP contribution in [0.3, 0.4) is 0 Å². The molecule has 0 aliphatic carbocycles.